The van der Waals surface area contributed by atoms with Crippen LogP contribution >= 0.6 is 11.3 Å². The summed E-state index contributed by atoms with van der Waals surface area (Å²) in [7, 11) is 0. The molecule has 1 aromatic heterocycles. The van der Waals surface area contributed by atoms with Crippen LogP contribution in [-0.4, -0.2) is 40.2 Å². The number of aliphatic hydroxyl groups excluding tert-OH is 1. The van der Waals surface area contributed by atoms with E-state index >= 15 is 0 Å². The lowest BCUT2D eigenvalue weighted by Crippen LogP contribution is -2.44. The zero-order valence-corrected chi connectivity index (χ0v) is 12.2. The van der Waals surface area contributed by atoms with Gasteiger partial charge in [0.15, 0.2) is 5.13 Å². The molecule has 0 saturated carbocycles. The maximum absolute atomic E-state index is 12.0. The van der Waals surface area contributed by atoms with Gasteiger partial charge in [-0.05, 0) is 25.2 Å². The molecule has 0 spiro atoms. The Balaban J connectivity index is 1.89. The van der Waals surface area contributed by atoms with Gasteiger partial charge in [-0.2, -0.15) is 0 Å². The standard InChI is InChI=1S/C13H21N3O2S/c1-9(2)6-11-7-14-12(19-11)15-13(18)16-5-3-4-10(17)8-16/h7,9-10,17H,3-6,8H2,1-2H3,(H,14,15,18). The van der Waals surface area contributed by atoms with Crippen LogP contribution in [0.2, 0.25) is 0 Å². The molecule has 0 aliphatic carbocycles. The smallest absolute Gasteiger partial charge is 0.323 e. The molecule has 19 heavy (non-hydrogen) atoms. The Morgan fingerprint density at radius 3 is 3.16 bits per heavy atom. The van der Waals surface area contributed by atoms with Gasteiger partial charge in [0.1, 0.15) is 0 Å². The normalized spacial score (nSPS) is 19.8. The zero-order valence-electron chi connectivity index (χ0n) is 11.4. The summed E-state index contributed by atoms with van der Waals surface area (Å²) in [6, 6.07) is -0.163. The molecule has 2 heterocycles. The summed E-state index contributed by atoms with van der Waals surface area (Å²) >= 11 is 1.52. The number of urea groups is 1. The highest BCUT2D eigenvalue weighted by atomic mass is 32.1. The summed E-state index contributed by atoms with van der Waals surface area (Å²) < 4.78 is 0. The van der Waals surface area contributed by atoms with Crippen molar-refractivity contribution in [2.75, 3.05) is 18.4 Å². The van der Waals surface area contributed by atoms with Crippen molar-refractivity contribution >= 4 is 22.5 Å². The number of rotatable bonds is 3. The minimum atomic E-state index is -0.396. The van der Waals surface area contributed by atoms with Crippen molar-refractivity contribution in [3.63, 3.8) is 0 Å². The molecular weight excluding hydrogens is 262 g/mol. The summed E-state index contributed by atoms with van der Waals surface area (Å²) in [5.74, 6) is 0.584. The van der Waals surface area contributed by atoms with Gasteiger partial charge in [0.05, 0.1) is 6.10 Å². The van der Waals surface area contributed by atoms with Gasteiger partial charge in [0.25, 0.3) is 0 Å². The number of carbonyl (C=O) groups is 1. The second kappa shape index (κ2) is 6.34. The first-order chi connectivity index (χ1) is 9.04. The summed E-state index contributed by atoms with van der Waals surface area (Å²) in [4.78, 5) is 19.1. The highest BCUT2D eigenvalue weighted by Gasteiger charge is 2.22. The monoisotopic (exact) mass is 283 g/mol. The molecule has 1 saturated heterocycles. The number of carbonyl (C=O) groups excluding carboxylic acids is 1. The summed E-state index contributed by atoms with van der Waals surface area (Å²) in [5.41, 5.74) is 0. The number of amides is 2. The second-order valence-corrected chi connectivity index (χ2v) is 6.52. The van der Waals surface area contributed by atoms with Crippen molar-refractivity contribution in [2.24, 2.45) is 5.92 Å². The van der Waals surface area contributed by atoms with E-state index in [0.717, 1.165) is 19.3 Å². The number of thiazole rings is 1. The number of nitrogens with one attached hydrogen (secondary N) is 1. The number of hydrogen-bond donors (Lipinski definition) is 2. The number of anilines is 1. The molecule has 1 fully saturated rings. The van der Waals surface area contributed by atoms with Crippen LogP contribution in [0.3, 0.4) is 0 Å². The number of hydrogen-bond acceptors (Lipinski definition) is 4. The van der Waals surface area contributed by atoms with Gasteiger partial charge >= 0.3 is 6.03 Å². The van der Waals surface area contributed by atoms with Crippen LogP contribution in [0, 0.1) is 5.92 Å². The second-order valence-electron chi connectivity index (χ2n) is 5.40. The number of likely N-dealkylation sites (tertiary alicyclic amines) is 1. The highest BCUT2D eigenvalue weighted by Crippen LogP contribution is 2.21. The third-order valence-electron chi connectivity index (χ3n) is 3.06. The van der Waals surface area contributed by atoms with E-state index in [2.05, 4.69) is 24.1 Å². The largest absolute Gasteiger partial charge is 0.391 e. The molecule has 0 bridgehead atoms. The van der Waals surface area contributed by atoms with Gasteiger partial charge in [0.2, 0.25) is 0 Å². The van der Waals surface area contributed by atoms with Crippen molar-refractivity contribution in [1.82, 2.24) is 9.88 Å². The third kappa shape index (κ3) is 4.18. The molecule has 1 aromatic rings. The van der Waals surface area contributed by atoms with Crippen LogP contribution in [0.15, 0.2) is 6.20 Å². The lowest BCUT2D eigenvalue weighted by molar-refractivity contribution is 0.0883. The molecule has 106 valence electrons. The fourth-order valence-electron chi connectivity index (χ4n) is 2.17. The summed E-state index contributed by atoms with van der Waals surface area (Å²) in [5, 5.41) is 13.0. The zero-order chi connectivity index (χ0) is 13.8. The lowest BCUT2D eigenvalue weighted by atomic mass is 10.1. The van der Waals surface area contributed by atoms with Gasteiger partial charge in [-0.1, -0.05) is 13.8 Å². The quantitative estimate of drug-likeness (QED) is 0.894. The first-order valence-electron chi connectivity index (χ1n) is 6.73. The lowest BCUT2D eigenvalue weighted by Gasteiger charge is -2.29. The van der Waals surface area contributed by atoms with E-state index in [0.29, 0.717) is 24.1 Å². The van der Waals surface area contributed by atoms with E-state index in [1.807, 2.05) is 6.20 Å². The number of aromatic nitrogens is 1. The molecular formula is C13H21N3O2S. The Labute approximate surface area is 117 Å². The van der Waals surface area contributed by atoms with E-state index in [9.17, 15) is 9.90 Å². The Morgan fingerprint density at radius 1 is 1.68 bits per heavy atom. The van der Waals surface area contributed by atoms with Gasteiger partial charge in [-0.15, -0.1) is 11.3 Å². The molecule has 2 rings (SSSR count). The van der Waals surface area contributed by atoms with Crippen molar-refractivity contribution in [2.45, 2.75) is 39.2 Å². The van der Waals surface area contributed by atoms with Crippen LogP contribution in [0.4, 0.5) is 9.93 Å². The first-order valence-corrected chi connectivity index (χ1v) is 7.55. The minimum Gasteiger partial charge on any atom is -0.391 e. The average molecular weight is 283 g/mol. The van der Waals surface area contributed by atoms with Crippen molar-refractivity contribution in [3.8, 4) is 0 Å². The number of piperidine rings is 1. The van der Waals surface area contributed by atoms with Gasteiger partial charge in [0, 0.05) is 24.2 Å². The number of aliphatic hydroxyl groups is 1. The van der Waals surface area contributed by atoms with E-state index in [4.69, 9.17) is 0 Å². The Bertz CT molecular complexity index is 433. The molecule has 5 nitrogen and oxygen atoms in total. The molecule has 1 atom stereocenters. The highest BCUT2D eigenvalue weighted by molar-refractivity contribution is 7.15. The van der Waals surface area contributed by atoms with Gasteiger partial charge < -0.3 is 10.0 Å². The van der Waals surface area contributed by atoms with Gasteiger partial charge in [-0.3, -0.25) is 5.32 Å². The van der Waals surface area contributed by atoms with Crippen LogP contribution in [-0.2, 0) is 6.42 Å². The van der Waals surface area contributed by atoms with E-state index in [1.54, 1.807) is 4.90 Å². The molecule has 0 aromatic carbocycles. The fraction of sp³-hybridized carbons (Fsp3) is 0.692. The van der Waals surface area contributed by atoms with Crippen molar-refractivity contribution < 1.29 is 9.90 Å². The predicted molar refractivity (Wildman–Crippen MR) is 76.5 cm³/mol. The van der Waals surface area contributed by atoms with E-state index < -0.39 is 6.10 Å². The van der Waals surface area contributed by atoms with Crippen molar-refractivity contribution in [3.05, 3.63) is 11.1 Å². The third-order valence-corrected chi connectivity index (χ3v) is 4.00. The van der Waals surface area contributed by atoms with Crippen molar-refractivity contribution in [1.29, 1.82) is 0 Å². The number of β-amino-alcohol motifs (C(OH)–C–C–N with tert-alkyl or cyclic N) is 1. The molecule has 1 unspecified atom stereocenters. The van der Waals surface area contributed by atoms with Crippen LogP contribution in [0.1, 0.15) is 31.6 Å². The topological polar surface area (TPSA) is 65.5 Å². The summed E-state index contributed by atoms with van der Waals surface area (Å²) in [6.07, 6.45) is 4.04. The SMILES string of the molecule is CC(C)Cc1cnc(NC(=O)N2CCCC(O)C2)s1. The molecule has 1 aliphatic rings. The van der Waals surface area contributed by atoms with Crippen LogP contribution < -0.4 is 5.32 Å². The first kappa shape index (κ1) is 14.3. The Kier molecular flexibility index (Phi) is 4.76. The molecule has 1 aliphatic heterocycles. The predicted octanol–water partition coefficient (Wildman–Crippen LogP) is 2.33. The molecule has 6 heteroatoms. The minimum absolute atomic E-state index is 0.163. The van der Waals surface area contributed by atoms with Crippen LogP contribution in [0.5, 0.6) is 0 Å². The molecule has 2 amide bonds. The molecule has 0 radical (unpaired) electrons. The maximum Gasteiger partial charge on any atom is 0.323 e. The maximum atomic E-state index is 12.0. The average Bonchev–Trinajstić information content (AvgIpc) is 2.75. The Morgan fingerprint density at radius 2 is 2.47 bits per heavy atom. The fourth-order valence-corrected chi connectivity index (χ4v) is 3.19. The van der Waals surface area contributed by atoms with Gasteiger partial charge in [-0.25, -0.2) is 9.78 Å². The van der Waals surface area contributed by atoms with E-state index in [1.165, 1.54) is 16.2 Å². The van der Waals surface area contributed by atoms with Crippen LogP contribution in [0.25, 0.3) is 0 Å². The summed E-state index contributed by atoms with van der Waals surface area (Å²) in [6.45, 7) is 5.43. The number of nitrogens with zero attached hydrogens (tertiary/aromatic N) is 2. The molecule has 2 N–H and O–H groups in total. The Hall–Kier alpha value is -1.14. The van der Waals surface area contributed by atoms with E-state index in [-0.39, 0.29) is 6.03 Å².